The van der Waals surface area contributed by atoms with Crippen LogP contribution in [0.5, 0.6) is 0 Å². The molecule has 0 N–H and O–H groups in total. The van der Waals surface area contributed by atoms with Gasteiger partial charge in [-0.05, 0) is 24.1 Å². The third kappa shape index (κ3) is 2.71. The second kappa shape index (κ2) is 4.95. The molecule has 1 nitrogen and oxygen atoms in total. The Kier molecular flexibility index (Phi) is 3.37. The summed E-state index contributed by atoms with van der Waals surface area (Å²) in [7, 11) is 0. The molecule has 0 aliphatic rings. The van der Waals surface area contributed by atoms with Gasteiger partial charge >= 0.3 is 0 Å². The molecule has 1 aromatic carbocycles. The first-order chi connectivity index (χ1) is 7.75. The molecule has 2 heteroatoms. The van der Waals surface area contributed by atoms with E-state index in [0.717, 1.165) is 16.7 Å². The molecule has 2 aromatic rings. The zero-order chi connectivity index (χ0) is 11.4. The molecule has 0 saturated heterocycles. The van der Waals surface area contributed by atoms with E-state index in [4.69, 9.17) is 11.6 Å². The van der Waals surface area contributed by atoms with Crippen LogP contribution in [0.15, 0.2) is 42.6 Å². The van der Waals surface area contributed by atoms with Crippen LogP contribution in [0.2, 0.25) is 5.15 Å². The second-order valence-corrected chi connectivity index (χ2v) is 3.99. The number of hydrogen-bond donors (Lipinski definition) is 0. The van der Waals surface area contributed by atoms with Gasteiger partial charge in [-0.25, -0.2) is 4.98 Å². The van der Waals surface area contributed by atoms with Crippen molar-refractivity contribution >= 4 is 23.8 Å². The molecule has 2 rings (SSSR count). The lowest BCUT2D eigenvalue weighted by atomic mass is 10.1. The van der Waals surface area contributed by atoms with E-state index in [1.165, 1.54) is 0 Å². The van der Waals surface area contributed by atoms with Crippen molar-refractivity contribution in [3.8, 4) is 0 Å². The number of hydrogen-bond acceptors (Lipinski definition) is 1. The van der Waals surface area contributed by atoms with Gasteiger partial charge in [-0.2, -0.15) is 0 Å². The Morgan fingerprint density at radius 2 is 1.88 bits per heavy atom. The highest BCUT2D eigenvalue weighted by Crippen LogP contribution is 2.17. The quantitative estimate of drug-likeness (QED) is 0.703. The van der Waals surface area contributed by atoms with E-state index in [0.29, 0.717) is 5.15 Å². The normalized spacial score (nSPS) is 10.9. The van der Waals surface area contributed by atoms with Gasteiger partial charge in [0, 0.05) is 11.8 Å². The molecule has 0 bridgehead atoms. The standard InChI is InChI=1S/C14H12ClN/c1-11-9-13(14(15)16-10-11)8-7-12-5-3-2-4-6-12/h2-10H,1H3/b8-7+. The molecule has 0 aliphatic carbocycles. The van der Waals surface area contributed by atoms with Crippen LogP contribution in [-0.2, 0) is 0 Å². The van der Waals surface area contributed by atoms with Crippen molar-refractivity contribution < 1.29 is 0 Å². The zero-order valence-corrected chi connectivity index (χ0v) is 9.78. The lowest BCUT2D eigenvalue weighted by Crippen LogP contribution is -1.83. The summed E-state index contributed by atoms with van der Waals surface area (Å²) in [6.07, 6.45) is 5.78. The summed E-state index contributed by atoms with van der Waals surface area (Å²) in [5.74, 6) is 0. The molecule has 0 amide bonds. The molecule has 1 heterocycles. The van der Waals surface area contributed by atoms with Crippen molar-refractivity contribution in [1.82, 2.24) is 4.98 Å². The maximum absolute atomic E-state index is 6.00. The van der Waals surface area contributed by atoms with Gasteiger partial charge in [0.25, 0.3) is 0 Å². The van der Waals surface area contributed by atoms with E-state index >= 15 is 0 Å². The maximum Gasteiger partial charge on any atom is 0.136 e. The number of benzene rings is 1. The monoisotopic (exact) mass is 229 g/mol. The molecule has 0 unspecified atom stereocenters. The summed E-state index contributed by atoms with van der Waals surface area (Å²) in [6.45, 7) is 2.00. The SMILES string of the molecule is Cc1cnc(Cl)c(/C=C/c2ccccc2)c1. The van der Waals surface area contributed by atoms with Crippen LogP contribution in [0.4, 0.5) is 0 Å². The first kappa shape index (κ1) is 10.9. The Morgan fingerprint density at radius 1 is 1.12 bits per heavy atom. The fraction of sp³-hybridized carbons (Fsp3) is 0.0714. The van der Waals surface area contributed by atoms with Crippen molar-refractivity contribution in [1.29, 1.82) is 0 Å². The summed E-state index contributed by atoms with van der Waals surface area (Å²) in [5.41, 5.74) is 3.21. The van der Waals surface area contributed by atoms with Gasteiger partial charge in [0.1, 0.15) is 5.15 Å². The highest BCUT2D eigenvalue weighted by molar-refractivity contribution is 6.30. The Bertz CT molecular complexity index is 503. The lowest BCUT2D eigenvalue weighted by molar-refractivity contribution is 1.26. The number of aromatic nitrogens is 1. The summed E-state index contributed by atoms with van der Waals surface area (Å²) < 4.78 is 0. The molecular formula is C14H12ClN. The minimum atomic E-state index is 0.540. The fourth-order valence-electron chi connectivity index (χ4n) is 1.44. The molecule has 0 saturated carbocycles. The summed E-state index contributed by atoms with van der Waals surface area (Å²) in [6, 6.07) is 12.1. The largest absolute Gasteiger partial charge is 0.244 e. The minimum Gasteiger partial charge on any atom is -0.244 e. The van der Waals surface area contributed by atoms with Crippen LogP contribution in [0.25, 0.3) is 12.2 Å². The average molecular weight is 230 g/mol. The Labute approximate surface area is 100 Å². The van der Waals surface area contributed by atoms with Gasteiger partial charge in [-0.15, -0.1) is 0 Å². The van der Waals surface area contributed by atoms with E-state index in [2.05, 4.69) is 4.98 Å². The Hall–Kier alpha value is -1.60. The second-order valence-electron chi connectivity index (χ2n) is 3.64. The molecule has 0 spiro atoms. The molecule has 1 aromatic heterocycles. The Balaban J connectivity index is 2.27. The van der Waals surface area contributed by atoms with Crippen molar-refractivity contribution in [3.63, 3.8) is 0 Å². The lowest BCUT2D eigenvalue weighted by Gasteiger charge is -1.99. The number of halogens is 1. The van der Waals surface area contributed by atoms with E-state index < -0.39 is 0 Å². The third-order valence-electron chi connectivity index (χ3n) is 2.26. The first-order valence-electron chi connectivity index (χ1n) is 5.11. The van der Waals surface area contributed by atoms with Crippen LogP contribution in [0.3, 0.4) is 0 Å². The van der Waals surface area contributed by atoms with Gasteiger partial charge in [-0.3, -0.25) is 0 Å². The van der Waals surface area contributed by atoms with E-state index in [9.17, 15) is 0 Å². The smallest absolute Gasteiger partial charge is 0.136 e. The van der Waals surface area contributed by atoms with Crippen LogP contribution < -0.4 is 0 Å². The van der Waals surface area contributed by atoms with Gasteiger partial charge in [0.2, 0.25) is 0 Å². The highest BCUT2D eigenvalue weighted by atomic mass is 35.5. The van der Waals surface area contributed by atoms with Crippen LogP contribution >= 0.6 is 11.6 Å². The predicted octanol–water partition coefficient (Wildman–Crippen LogP) is 4.21. The third-order valence-corrected chi connectivity index (χ3v) is 2.57. The number of pyridine rings is 1. The van der Waals surface area contributed by atoms with Crippen LogP contribution in [0.1, 0.15) is 16.7 Å². The maximum atomic E-state index is 6.00. The molecular weight excluding hydrogens is 218 g/mol. The molecule has 0 aliphatic heterocycles. The van der Waals surface area contributed by atoms with Crippen molar-refractivity contribution in [2.75, 3.05) is 0 Å². The topological polar surface area (TPSA) is 12.9 Å². The molecule has 0 fully saturated rings. The number of nitrogens with zero attached hydrogens (tertiary/aromatic N) is 1. The van der Waals surface area contributed by atoms with E-state index in [1.807, 2.05) is 55.5 Å². The molecule has 0 atom stereocenters. The van der Waals surface area contributed by atoms with Crippen molar-refractivity contribution in [2.24, 2.45) is 0 Å². The van der Waals surface area contributed by atoms with E-state index in [-0.39, 0.29) is 0 Å². The van der Waals surface area contributed by atoms with Gasteiger partial charge in [0.15, 0.2) is 0 Å². The van der Waals surface area contributed by atoms with Gasteiger partial charge < -0.3 is 0 Å². The predicted molar refractivity (Wildman–Crippen MR) is 69.4 cm³/mol. The van der Waals surface area contributed by atoms with Gasteiger partial charge in [-0.1, -0.05) is 54.1 Å². The van der Waals surface area contributed by atoms with E-state index in [1.54, 1.807) is 6.20 Å². The van der Waals surface area contributed by atoms with Crippen LogP contribution in [0, 0.1) is 6.92 Å². The number of rotatable bonds is 2. The highest BCUT2D eigenvalue weighted by Gasteiger charge is 1.97. The first-order valence-corrected chi connectivity index (χ1v) is 5.49. The summed E-state index contributed by atoms with van der Waals surface area (Å²) in [5, 5.41) is 0.540. The van der Waals surface area contributed by atoms with Crippen molar-refractivity contribution in [2.45, 2.75) is 6.92 Å². The van der Waals surface area contributed by atoms with Crippen molar-refractivity contribution in [3.05, 3.63) is 64.4 Å². The van der Waals surface area contributed by atoms with Gasteiger partial charge in [0.05, 0.1) is 0 Å². The Morgan fingerprint density at radius 3 is 2.62 bits per heavy atom. The minimum absolute atomic E-state index is 0.540. The zero-order valence-electron chi connectivity index (χ0n) is 9.02. The summed E-state index contributed by atoms with van der Waals surface area (Å²) >= 11 is 6.00. The number of aryl methyl sites for hydroxylation is 1. The molecule has 16 heavy (non-hydrogen) atoms. The average Bonchev–Trinajstić information content (AvgIpc) is 2.32. The molecule has 80 valence electrons. The van der Waals surface area contributed by atoms with Crippen LogP contribution in [-0.4, -0.2) is 4.98 Å². The molecule has 0 radical (unpaired) electrons. The summed E-state index contributed by atoms with van der Waals surface area (Å²) in [4.78, 5) is 4.11. The fourth-order valence-corrected chi connectivity index (χ4v) is 1.61.